The fourth-order valence-electron chi connectivity index (χ4n) is 2.45. The fraction of sp³-hybridized carbons (Fsp3) is 0.533. The Balaban J connectivity index is 2.09. The number of anilines is 2. The third-order valence-electron chi connectivity index (χ3n) is 3.48. The Labute approximate surface area is 124 Å². The van der Waals surface area contributed by atoms with Crippen molar-refractivity contribution in [2.24, 2.45) is 5.92 Å². The zero-order valence-electron chi connectivity index (χ0n) is 12.1. The molecule has 1 atom stereocenters. The molecule has 0 fully saturated rings. The van der Waals surface area contributed by atoms with Crippen molar-refractivity contribution in [3.63, 3.8) is 0 Å². The first-order valence-electron chi connectivity index (χ1n) is 7.15. The first-order valence-corrected chi connectivity index (χ1v) is 7.97. The number of fused-ring (bicyclic) bond motifs is 1. The second kappa shape index (κ2) is 6.90. The van der Waals surface area contributed by atoms with Crippen LogP contribution in [0.25, 0.3) is 10.2 Å². The van der Waals surface area contributed by atoms with Gasteiger partial charge in [0.1, 0.15) is 0 Å². The van der Waals surface area contributed by atoms with Gasteiger partial charge in [-0.15, -0.1) is 11.3 Å². The summed E-state index contributed by atoms with van der Waals surface area (Å²) in [4.78, 5) is 4.50. The number of aryl methyl sites for hydroxylation is 1. The molecule has 110 valence electrons. The Kier molecular flexibility index (Phi) is 5.20. The van der Waals surface area contributed by atoms with Crippen LogP contribution < -0.4 is 11.1 Å². The number of nitrogens with one attached hydrogen (secondary N) is 1. The molecule has 20 heavy (non-hydrogen) atoms. The minimum atomic E-state index is 0.242. The number of thiazole rings is 1. The largest absolute Gasteiger partial charge is 0.397 e. The number of nitrogen functional groups attached to an aromatic ring is 1. The van der Waals surface area contributed by atoms with Crippen LogP contribution in [0.5, 0.6) is 0 Å². The van der Waals surface area contributed by atoms with E-state index in [1.165, 1.54) is 0 Å². The molecular formula is C15H23N3OS. The van der Waals surface area contributed by atoms with Gasteiger partial charge in [-0.3, -0.25) is 0 Å². The molecule has 1 unspecified atom stereocenters. The number of nitrogens with two attached hydrogens (primary N) is 1. The topological polar surface area (TPSA) is 71.2 Å². The zero-order chi connectivity index (χ0) is 14.5. The normalized spacial score (nSPS) is 12.8. The molecule has 0 aliphatic carbocycles. The van der Waals surface area contributed by atoms with Gasteiger partial charge in [-0.1, -0.05) is 13.3 Å². The summed E-state index contributed by atoms with van der Waals surface area (Å²) in [6.45, 7) is 5.26. The fourth-order valence-corrected chi connectivity index (χ4v) is 3.31. The summed E-state index contributed by atoms with van der Waals surface area (Å²) in [5.41, 5.74) is 8.81. The maximum Gasteiger partial charge on any atom is 0.0907 e. The number of benzene rings is 1. The highest BCUT2D eigenvalue weighted by atomic mass is 32.1. The van der Waals surface area contributed by atoms with Crippen molar-refractivity contribution in [3.05, 3.63) is 17.1 Å². The summed E-state index contributed by atoms with van der Waals surface area (Å²) < 4.78 is 1.13. The molecule has 0 spiro atoms. The van der Waals surface area contributed by atoms with E-state index in [2.05, 4.69) is 17.2 Å². The molecule has 0 radical (unpaired) electrons. The number of aliphatic hydroxyl groups excluding tert-OH is 1. The number of aromatic nitrogens is 1. The molecule has 0 aliphatic rings. The smallest absolute Gasteiger partial charge is 0.0907 e. The maximum atomic E-state index is 9.10. The minimum Gasteiger partial charge on any atom is -0.397 e. The first kappa shape index (κ1) is 15.1. The van der Waals surface area contributed by atoms with E-state index < -0.39 is 0 Å². The lowest BCUT2D eigenvalue weighted by atomic mass is 10.00. The quantitative estimate of drug-likeness (QED) is 0.684. The molecule has 0 amide bonds. The van der Waals surface area contributed by atoms with Crippen LogP contribution in [0.15, 0.2) is 12.1 Å². The van der Waals surface area contributed by atoms with Crippen molar-refractivity contribution in [2.75, 3.05) is 24.2 Å². The molecule has 1 aromatic heterocycles. The molecule has 5 heteroatoms. The molecule has 1 aromatic carbocycles. The van der Waals surface area contributed by atoms with E-state index in [0.29, 0.717) is 5.92 Å². The van der Waals surface area contributed by atoms with Crippen LogP contribution in [-0.4, -0.2) is 23.2 Å². The molecule has 4 nitrogen and oxygen atoms in total. The summed E-state index contributed by atoms with van der Waals surface area (Å²) in [7, 11) is 0. The van der Waals surface area contributed by atoms with Gasteiger partial charge in [-0.2, -0.15) is 0 Å². The predicted molar refractivity (Wildman–Crippen MR) is 87.4 cm³/mol. The van der Waals surface area contributed by atoms with Crippen LogP contribution in [0.3, 0.4) is 0 Å². The van der Waals surface area contributed by atoms with Gasteiger partial charge in [-0.25, -0.2) is 4.98 Å². The van der Waals surface area contributed by atoms with E-state index in [9.17, 15) is 0 Å². The summed E-state index contributed by atoms with van der Waals surface area (Å²) in [6.07, 6.45) is 3.08. The van der Waals surface area contributed by atoms with E-state index in [1.807, 2.05) is 19.1 Å². The lowest BCUT2D eigenvalue weighted by Gasteiger charge is -2.17. The number of hydrogen-bond donors (Lipinski definition) is 3. The lowest BCUT2D eigenvalue weighted by Crippen LogP contribution is -2.16. The highest BCUT2D eigenvalue weighted by Crippen LogP contribution is 2.30. The first-order chi connectivity index (χ1) is 9.63. The van der Waals surface area contributed by atoms with Crippen LogP contribution in [0.2, 0.25) is 0 Å². The van der Waals surface area contributed by atoms with Crippen molar-refractivity contribution < 1.29 is 5.11 Å². The Morgan fingerprint density at radius 1 is 1.40 bits per heavy atom. The van der Waals surface area contributed by atoms with Crippen LogP contribution in [-0.2, 0) is 0 Å². The third kappa shape index (κ3) is 3.61. The van der Waals surface area contributed by atoms with E-state index >= 15 is 0 Å². The molecule has 0 saturated heterocycles. The number of rotatable bonds is 7. The van der Waals surface area contributed by atoms with Crippen molar-refractivity contribution in [1.29, 1.82) is 0 Å². The standard InChI is InChI=1S/C15H23N3OS/c1-3-4-11(5-6-19)9-17-13-8-14-15(7-12(13)16)20-10(2)18-14/h7-8,11,17,19H,3-6,9,16H2,1-2H3. The second-order valence-electron chi connectivity index (χ2n) is 5.19. The third-order valence-corrected chi connectivity index (χ3v) is 4.42. The molecule has 0 saturated carbocycles. The molecule has 2 aromatic rings. The summed E-state index contributed by atoms with van der Waals surface area (Å²) in [5, 5.41) is 13.6. The van der Waals surface area contributed by atoms with Gasteiger partial charge >= 0.3 is 0 Å². The minimum absolute atomic E-state index is 0.242. The van der Waals surface area contributed by atoms with Crippen LogP contribution >= 0.6 is 11.3 Å². The van der Waals surface area contributed by atoms with E-state index in [-0.39, 0.29) is 6.61 Å². The van der Waals surface area contributed by atoms with Gasteiger partial charge in [0.25, 0.3) is 0 Å². The highest BCUT2D eigenvalue weighted by Gasteiger charge is 2.10. The van der Waals surface area contributed by atoms with Gasteiger partial charge in [0, 0.05) is 13.2 Å². The van der Waals surface area contributed by atoms with Crippen molar-refractivity contribution in [1.82, 2.24) is 4.98 Å². The van der Waals surface area contributed by atoms with E-state index in [1.54, 1.807) is 11.3 Å². The second-order valence-corrected chi connectivity index (χ2v) is 6.42. The highest BCUT2D eigenvalue weighted by molar-refractivity contribution is 7.18. The molecular weight excluding hydrogens is 270 g/mol. The molecule has 0 bridgehead atoms. The van der Waals surface area contributed by atoms with Gasteiger partial charge in [0.15, 0.2) is 0 Å². The van der Waals surface area contributed by atoms with Gasteiger partial charge < -0.3 is 16.2 Å². The van der Waals surface area contributed by atoms with Gasteiger partial charge in [0.05, 0.1) is 26.6 Å². The average Bonchev–Trinajstić information content (AvgIpc) is 2.75. The van der Waals surface area contributed by atoms with Crippen LogP contribution in [0.4, 0.5) is 11.4 Å². The molecule has 0 aliphatic heterocycles. The van der Waals surface area contributed by atoms with Crippen LogP contribution in [0, 0.1) is 12.8 Å². The van der Waals surface area contributed by atoms with E-state index in [0.717, 1.165) is 52.4 Å². The Hall–Kier alpha value is -1.33. The molecule has 1 heterocycles. The van der Waals surface area contributed by atoms with Crippen molar-refractivity contribution in [3.8, 4) is 0 Å². The average molecular weight is 293 g/mol. The summed E-state index contributed by atoms with van der Waals surface area (Å²) >= 11 is 1.66. The Bertz CT molecular complexity index is 561. The number of hydrogen-bond acceptors (Lipinski definition) is 5. The number of nitrogens with zero attached hydrogens (tertiary/aromatic N) is 1. The monoisotopic (exact) mass is 293 g/mol. The molecule has 2 rings (SSSR count). The summed E-state index contributed by atoms with van der Waals surface area (Å²) in [5.74, 6) is 0.484. The Morgan fingerprint density at radius 3 is 2.90 bits per heavy atom. The van der Waals surface area contributed by atoms with Gasteiger partial charge in [0.2, 0.25) is 0 Å². The van der Waals surface area contributed by atoms with Crippen molar-refractivity contribution >= 4 is 32.9 Å². The van der Waals surface area contributed by atoms with Gasteiger partial charge in [-0.05, 0) is 37.8 Å². The Morgan fingerprint density at radius 2 is 2.20 bits per heavy atom. The lowest BCUT2D eigenvalue weighted by molar-refractivity contribution is 0.255. The van der Waals surface area contributed by atoms with E-state index in [4.69, 9.17) is 10.8 Å². The SMILES string of the molecule is CCCC(CCO)CNc1cc2nc(C)sc2cc1N. The zero-order valence-corrected chi connectivity index (χ0v) is 13.0. The maximum absolute atomic E-state index is 9.10. The molecule has 4 N–H and O–H groups in total. The predicted octanol–water partition coefficient (Wildman–Crippen LogP) is 3.40. The van der Waals surface area contributed by atoms with Crippen molar-refractivity contribution in [2.45, 2.75) is 33.1 Å². The number of aliphatic hydroxyl groups is 1. The summed E-state index contributed by atoms with van der Waals surface area (Å²) in [6, 6.07) is 4.01. The van der Waals surface area contributed by atoms with Crippen LogP contribution in [0.1, 0.15) is 31.2 Å².